The summed E-state index contributed by atoms with van der Waals surface area (Å²) in [6.45, 7) is 0.209. The Bertz CT molecular complexity index is 802. The zero-order valence-electron chi connectivity index (χ0n) is 12.3. The molecule has 0 spiro atoms. The van der Waals surface area contributed by atoms with Gasteiger partial charge in [0.1, 0.15) is 12.4 Å². The second-order valence-corrected chi connectivity index (χ2v) is 5.45. The highest BCUT2D eigenvalue weighted by atomic mass is 16.5. The fraction of sp³-hybridized carbons (Fsp3) is 0.375. The first-order valence-corrected chi connectivity index (χ1v) is 7.07. The summed E-state index contributed by atoms with van der Waals surface area (Å²) in [4.78, 5) is 23.5. The van der Waals surface area contributed by atoms with Gasteiger partial charge in [-0.05, 0) is 42.5 Å². The van der Waals surface area contributed by atoms with E-state index < -0.39 is 0 Å². The molecule has 0 amide bonds. The van der Waals surface area contributed by atoms with Crippen LogP contribution in [-0.4, -0.2) is 9.13 Å². The van der Waals surface area contributed by atoms with Crippen LogP contribution in [0.2, 0.25) is 0 Å². The summed E-state index contributed by atoms with van der Waals surface area (Å²) in [6, 6.07) is 7.54. The molecule has 0 atom stereocenters. The molecule has 0 unspecified atom stereocenters. The Balaban J connectivity index is 1.82. The maximum Gasteiger partial charge on any atom is 0.330 e. The molecule has 0 saturated carbocycles. The lowest BCUT2D eigenvalue weighted by molar-refractivity contribution is 0.293. The Kier molecular flexibility index (Phi) is 3.41. The van der Waals surface area contributed by atoms with Gasteiger partial charge in [0.15, 0.2) is 0 Å². The van der Waals surface area contributed by atoms with Gasteiger partial charge >= 0.3 is 5.69 Å². The van der Waals surface area contributed by atoms with Crippen molar-refractivity contribution in [1.82, 2.24) is 9.13 Å². The zero-order valence-corrected chi connectivity index (χ0v) is 12.3. The SMILES string of the molecule is Cn1c(COc2ccc3c(c2)CCC3)cc(=O)n(C)c1=O. The highest BCUT2D eigenvalue weighted by Gasteiger charge is 2.12. The van der Waals surface area contributed by atoms with Crippen molar-refractivity contribution in [3.63, 3.8) is 0 Å². The van der Waals surface area contributed by atoms with Crippen LogP contribution >= 0.6 is 0 Å². The quantitative estimate of drug-likeness (QED) is 0.850. The van der Waals surface area contributed by atoms with Crippen LogP contribution in [0.15, 0.2) is 33.9 Å². The number of ether oxygens (including phenoxy) is 1. The number of fused-ring (bicyclic) bond motifs is 1. The summed E-state index contributed by atoms with van der Waals surface area (Å²) in [7, 11) is 3.11. The molecule has 110 valence electrons. The van der Waals surface area contributed by atoms with Crippen molar-refractivity contribution in [2.45, 2.75) is 25.9 Å². The van der Waals surface area contributed by atoms with Crippen LogP contribution in [0.1, 0.15) is 23.2 Å². The molecule has 1 aliphatic rings. The van der Waals surface area contributed by atoms with E-state index in [2.05, 4.69) is 12.1 Å². The number of hydrogen-bond donors (Lipinski definition) is 0. The molecule has 1 aromatic heterocycles. The molecule has 21 heavy (non-hydrogen) atoms. The van der Waals surface area contributed by atoms with Gasteiger partial charge in [-0.15, -0.1) is 0 Å². The van der Waals surface area contributed by atoms with E-state index in [9.17, 15) is 9.59 Å². The Labute approximate surface area is 122 Å². The molecule has 1 heterocycles. The van der Waals surface area contributed by atoms with Crippen LogP contribution < -0.4 is 16.0 Å². The highest BCUT2D eigenvalue weighted by Crippen LogP contribution is 2.26. The third-order valence-electron chi connectivity index (χ3n) is 4.08. The van der Waals surface area contributed by atoms with E-state index in [1.54, 1.807) is 7.05 Å². The highest BCUT2D eigenvalue weighted by molar-refractivity contribution is 5.38. The second-order valence-electron chi connectivity index (χ2n) is 5.45. The topological polar surface area (TPSA) is 53.2 Å². The van der Waals surface area contributed by atoms with Crippen LogP contribution in [0, 0.1) is 0 Å². The Morgan fingerprint density at radius 3 is 2.62 bits per heavy atom. The van der Waals surface area contributed by atoms with E-state index in [0.717, 1.165) is 23.2 Å². The minimum absolute atomic E-state index is 0.209. The van der Waals surface area contributed by atoms with Crippen molar-refractivity contribution < 1.29 is 4.74 Å². The number of rotatable bonds is 3. The number of hydrogen-bond acceptors (Lipinski definition) is 3. The molecule has 0 saturated heterocycles. The summed E-state index contributed by atoms with van der Waals surface area (Å²) in [6.07, 6.45) is 3.43. The standard InChI is InChI=1S/C16H18N2O3/c1-17-13(9-15(19)18(2)16(17)20)10-21-14-7-6-11-4-3-5-12(11)8-14/h6-9H,3-5,10H2,1-2H3. The Morgan fingerprint density at radius 2 is 1.81 bits per heavy atom. The maximum atomic E-state index is 11.8. The van der Waals surface area contributed by atoms with E-state index in [-0.39, 0.29) is 17.9 Å². The first-order valence-electron chi connectivity index (χ1n) is 7.07. The van der Waals surface area contributed by atoms with Gasteiger partial charge in [-0.25, -0.2) is 4.79 Å². The van der Waals surface area contributed by atoms with Crippen molar-refractivity contribution in [3.8, 4) is 5.75 Å². The summed E-state index contributed by atoms with van der Waals surface area (Å²) in [5.41, 5.74) is 2.65. The van der Waals surface area contributed by atoms with Gasteiger partial charge in [-0.1, -0.05) is 6.07 Å². The molecule has 0 bridgehead atoms. The van der Waals surface area contributed by atoms with E-state index in [4.69, 9.17) is 4.74 Å². The third-order valence-corrected chi connectivity index (χ3v) is 4.08. The van der Waals surface area contributed by atoms with Gasteiger partial charge in [0.25, 0.3) is 5.56 Å². The van der Waals surface area contributed by atoms with Gasteiger partial charge < -0.3 is 4.74 Å². The smallest absolute Gasteiger partial charge is 0.330 e. The normalized spacial score (nSPS) is 13.2. The molecule has 0 N–H and O–H groups in total. The fourth-order valence-electron chi connectivity index (χ4n) is 2.71. The van der Waals surface area contributed by atoms with Crippen LogP contribution in [0.3, 0.4) is 0 Å². The lowest BCUT2D eigenvalue weighted by Crippen LogP contribution is -2.38. The van der Waals surface area contributed by atoms with Gasteiger partial charge in [-0.2, -0.15) is 0 Å². The largest absolute Gasteiger partial charge is 0.487 e. The van der Waals surface area contributed by atoms with Crippen molar-refractivity contribution in [2.75, 3.05) is 0 Å². The molecule has 1 aromatic carbocycles. The molecule has 5 heteroatoms. The summed E-state index contributed by atoms with van der Waals surface area (Å²) >= 11 is 0. The first-order chi connectivity index (χ1) is 10.1. The van der Waals surface area contributed by atoms with Gasteiger partial charge in [0, 0.05) is 20.2 Å². The first kappa shape index (κ1) is 13.7. The number of aromatic nitrogens is 2. The molecule has 0 radical (unpaired) electrons. The lowest BCUT2D eigenvalue weighted by atomic mass is 10.1. The van der Waals surface area contributed by atoms with Crippen LogP contribution in [0.5, 0.6) is 5.75 Å². The molecule has 1 aliphatic carbocycles. The predicted octanol–water partition coefficient (Wildman–Crippen LogP) is 1.15. The summed E-state index contributed by atoms with van der Waals surface area (Å²) in [5.74, 6) is 0.781. The molecule has 0 fully saturated rings. The number of aryl methyl sites for hydroxylation is 2. The summed E-state index contributed by atoms with van der Waals surface area (Å²) < 4.78 is 8.26. The van der Waals surface area contributed by atoms with E-state index in [1.807, 2.05) is 6.07 Å². The maximum absolute atomic E-state index is 11.8. The van der Waals surface area contributed by atoms with E-state index in [0.29, 0.717) is 5.69 Å². The monoisotopic (exact) mass is 286 g/mol. The molecule has 5 nitrogen and oxygen atoms in total. The average Bonchev–Trinajstić information content (AvgIpc) is 2.95. The van der Waals surface area contributed by atoms with Crippen molar-refractivity contribution >= 4 is 0 Å². The minimum atomic E-state index is -0.338. The van der Waals surface area contributed by atoms with E-state index in [1.165, 1.54) is 35.2 Å². The van der Waals surface area contributed by atoms with Gasteiger partial charge in [-0.3, -0.25) is 13.9 Å². The average molecular weight is 286 g/mol. The Hall–Kier alpha value is -2.30. The summed E-state index contributed by atoms with van der Waals surface area (Å²) in [5, 5.41) is 0. The fourth-order valence-corrected chi connectivity index (χ4v) is 2.71. The van der Waals surface area contributed by atoms with Crippen LogP contribution in [-0.2, 0) is 33.5 Å². The predicted molar refractivity (Wildman–Crippen MR) is 79.7 cm³/mol. The number of nitrogens with zero attached hydrogens (tertiary/aromatic N) is 2. The zero-order chi connectivity index (χ0) is 15.0. The molecular weight excluding hydrogens is 268 g/mol. The Morgan fingerprint density at radius 1 is 1.05 bits per heavy atom. The molecule has 0 aliphatic heterocycles. The van der Waals surface area contributed by atoms with Crippen molar-refractivity contribution in [1.29, 1.82) is 0 Å². The molecule has 3 rings (SSSR count). The van der Waals surface area contributed by atoms with Gasteiger partial charge in [0.2, 0.25) is 0 Å². The van der Waals surface area contributed by atoms with E-state index >= 15 is 0 Å². The second kappa shape index (κ2) is 5.24. The van der Waals surface area contributed by atoms with Crippen LogP contribution in [0.25, 0.3) is 0 Å². The number of benzene rings is 1. The van der Waals surface area contributed by atoms with Crippen molar-refractivity contribution in [3.05, 3.63) is 61.9 Å². The molecule has 2 aromatic rings. The molecular formula is C16H18N2O3. The van der Waals surface area contributed by atoms with Crippen LogP contribution in [0.4, 0.5) is 0 Å². The minimum Gasteiger partial charge on any atom is -0.487 e. The van der Waals surface area contributed by atoms with Gasteiger partial charge in [0.05, 0.1) is 5.69 Å². The third kappa shape index (κ3) is 2.51. The van der Waals surface area contributed by atoms with Crippen molar-refractivity contribution in [2.24, 2.45) is 14.1 Å². The lowest BCUT2D eigenvalue weighted by Gasteiger charge is -2.11.